The summed E-state index contributed by atoms with van der Waals surface area (Å²) >= 11 is 1.44. The fourth-order valence-electron chi connectivity index (χ4n) is 2.81. The zero-order valence-corrected chi connectivity index (χ0v) is 12.1. The lowest BCUT2D eigenvalue weighted by atomic mass is 9.91. The van der Waals surface area contributed by atoms with E-state index in [1.165, 1.54) is 11.3 Å². The number of anilines is 1. The number of nitrogens with one attached hydrogen (secondary N) is 1. The molecule has 2 unspecified atom stereocenters. The largest absolute Gasteiger partial charge is 0.397 e. The SMILES string of the molecule is Nc1c(C(=O)NC2CCCCC2N)sc2ccccc12. The molecule has 1 aliphatic rings. The zero-order valence-electron chi connectivity index (χ0n) is 11.3. The molecule has 3 rings (SSSR count). The summed E-state index contributed by atoms with van der Waals surface area (Å²) in [4.78, 5) is 13.0. The van der Waals surface area contributed by atoms with Gasteiger partial charge in [-0.25, -0.2) is 0 Å². The molecule has 0 aliphatic heterocycles. The van der Waals surface area contributed by atoms with E-state index in [0.29, 0.717) is 10.6 Å². The van der Waals surface area contributed by atoms with Gasteiger partial charge in [0.15, 0.2) is 0 Å². The molecule has 1 aromatic carbocycles. The Hall–Kier alpha value is -1.59. The van der Waals surface area contributed by atoms with Crippen LogP contribution in [-0.4, -0.2) is 18.0 Å². The van der Waals surface area contributed by atoms with Crippen molar-refractivity contribution in [3.05, 3.63) is 29.1 Å². The Balaban J connectivity index is 1.83. The third-order valence-electron chi connectivity index (χ3n) is 3.98. The third kappa shape index (κ3) is 2.39. The highest BCUT2D eigenvalue weighted by Gasteiger charge is 2.25. The molecular weight excluding hydrogens is 270 g/mol. The summed E-state index contributed by atoms with van der Waals surface area (Å²) in [5.74, 6) is -0.0916. The van der Waals surface area contributed by atoms with Crippen molar-refractivity contribution in [1.29, 1.82) is 0 Å². The van der Waals surface area contributed by atoms with Gasteiger partial charge in [0, 0.05) is 22.2 Å². The van der Waals surface area contributed by atoms with Gasteiger partial charge in [0.25, 0.3) is 5.91 Å². The number of amides is 1. The van der Waals surface area contributed by atoms with Gasteiger partial charge in [-0.2, -0.15) is 0 Å². The second-order valence-corrected chi connectivity index (χ2v) is 6.42. The highest BCUT2D eigenvalue weighted by molar-refractivity contribution is 7.21. The number of carbonyl (C=O) groups excluding carboxylic acids is 1. The van der Waals surface area contributed by atoms with Crippen LogP contribution in [0.2, 0.25) is 0 Å². The highest BCUT2D eigenvalue weighted by Crippen LogP contribution is 2.33. The van der Waals surface area contributed by atoms with Crippen molar-refractivity contribution in [2.45, 2.75) is 37.8 Å². The molecule has 4 nitrogen and oxygen atoms in total. The van der Waals surface area contributed by atoms with Crippen LogP contribution in [0.25, 0.3) is 10.1 Å². The standard InChI is InChI=1S/C15H19N3OS/c16-10-6-2-3-7-11(10)18-15(19)14-13(17)9-5-1-4-8-12(9)20-14/h1,4-5,8,10-11H,2-3,6-7,16-17H2,(H,18,19). The number of thiophene rings is 1. The van der Waals surface area contributed by atoms with Crippen molar-refractivity contribution in [3.63, 3.8) is 0 Å². The summed E-state index contributed by atoms with van der Waals surface area (Å²) in [6.45, 7) is 0. The maximum absolute atomic E-state index is 12.4. The van der Waals surface area contributed by atoms with Gasteiger partial charge in [0.05, 0.1) is 5.69 Å². The van der Waals surface area contributed by atoms with Crippen LogP contribution in [0.4, 0.5) is 5.69 Å². The molecule has 1 saturated carbocycles. The molecule has 20 heavy (non-hydrogen) atoms. The molecule has 5 heteroatoms. The van der Waals surface area contributed by atoms with Crippen LogP contribution in [0.5, 0.6) is 0 Å². The molecule has 1 amide bonds. The number of fused-ring (bicyclic) bond motifs is 1. The minimum absolute atomic E-state index is 0.0586. The van der Waals surface area contributed by atoms with Crippen molar-refractivity contribution < 1.29 is 4.79 Å². The lowest BCUT2D eigenvalue weighted by molar-refractivity contribution is 0.0926. The van der Waals surface area contributed by atoms with E-state index in [9.17, 15) is 4.79 Å². The molecule has 5 N–H and O–H groups in total. The van der Waals surface area contributed by atoms with Gasteiger partial charge in [-0.05, 0) is 18.9 Å². The van der Waals surface area contributed by atoms with Crippen LogP contribution >= 0.6 is 11.3 Å². The normalized spacial score (nSPS) is 22.9. The van der Waals surface area contributed by atoms with Crippen LogP contribution in [0.3, 0.4) is 0 Å². The predicted octanol–water partition coefficient (Wildman–Crippen LogP) is 2.48. The minimum Gasteiger partial charge on any atom is -0.397 e. The molecule has 1 heterocycles. The average molecular weight is 289 g/mol. The second-order valence-electron chi connectivity index (χ2n) is 5.37. The van der Waals surface area contributed by atoms with Gasteiger partial charge in [-0.15, -0.1) is 11.3 Å². The van der Waals surface area contributed by atoms with Crippen LogP contribution in [-0.2, 0) is 0 Å². The van der Waals surface area contributed by atoms with Gasteiger partial charge in [0.2, 0.25) is 0 Å². The lowest BCUT2D eigenvalue weighted by Gasteiger charge is -2.29. The van der Waals surface area contributed by atoms with Crippen molar-refractivity contribution >= 4 is 33.0 Å². The Kier molecular flexibility index (Phi) is 3.63. The predicted molar refractivity (Wildman–Crippen MR) is 83.9 cm³/mol. The molecule has 1 aromatic heterocycles. The Morgan fingerprint density at radius 1 is 1.25 bits per heavy atom. The molecule has 1 fully saturated rings. The highest BCUT2D eigenvalue weighted by atomic mass is 32.1. The summed E-state index contributed by atoms with van der Waals surface area (Å²) < 4.78 is 1.04. The lowest BCUT2D eigenvalue weighted by Crippen LogP contribution is -2.49. The quantitative estimate of drug-likeness (QED) is 0.794. The summed E-state index contributed by atoms with van der Waals surface area (Å²) in [5.41, 5.74) is 12.8. The fourth-order valence-corrected chi connectivity index (χ4v) is 3.83. The van der Waals surface area contributed by atoms with Crippen LogP contribution < -0.4 is 16.8 Å². The molecule has 0 radical (unpaired) electrons. The third-order valence-corrected chi connectivity index (χ3v) is 5.16. The van der Waals surface area contributed by atoms with E-state index in [2.05, 4.69) is 5.32 Å². The minimum atomic E-state index is -0.0916. The van der Waals surface area contributed by atoms with Gasteiger partial charge in [0.1, 0.15) is 4.88 Å². The monoisotopic (exact) mass is 289 g/mol. The van der Waals surface area contributed by atoms with Crippen molar-refractivity contribution in [2.75, 3.05) is 5.73 Å². The number of benzene rings is 1. The number of hydrogen-bond donors (Lipinski definition) is 3. The maximum Gasteiger partial charge on any atom is 0.263 e. The molecule has 0 saturated heterocycles. The van der Waals surface area contributed by atoms with E-state index in [0.717, 1.165) is 35.8 Å². The van der Waals surface area contributed by atoms with Gasteiger partial charge in [-0.1, -0.05) is 31.0 Å². The first-order valence-electron chi connectivity index (χ1n) is 7.00. The van der Waals surface area contributed by atoms with Crippen molar-refractivity contribution in [3.8, 4) is 0 Å². The topological polar surface area (TPSA) is 81.1 Å². The van der Waals surface area contributed by atoms with Gasteiger partial charge >= 0.3 is 0 Å². The van der Waals surface area contributed by atoms with E-state index < -0.39 is 0 Å². The van der Waals surface area contributed by atoms with E-state index >= 15 is 0 Å². The van der Waals surface area contributed by atoms with E-state index in [4.69, 9.17) is 11.5 Å². The Bertz CT molecular complexity index is 637. The first kappa shape index (κ1) is 13.4. The summed E-state index contributed by atoms with van der Waals surface area (Å²) in [7, 11) is 0. The molecule has 0 spiro atoms. The fraction of sp³-hybridized carbons (Fsp3) is 0.400. The van der Waals surface area contributed by atoms with Crippen LogP contribution in [0.15, 0.2) is 24.3 Å². The van der Waals surface area contributed by atoms with Crippen molar-refractivity contribution in [2.24, 2.45) is 5.73 Å². The molecule has 1 aliphatic carbocycles. The number of nitrogens with two attached hydrogens (primary N) is 2. The van der Waals surface area contributed by atoms with E-state index in [1.54, 1.807) is 0 Å². The number of rotatable bonds is 2. The Morgan fingerprint density at radius 3 is 2.75 bits per heavy atom. The molecular formula is C15H19N3OS. The molecule has 0 bridgehead atoms. The van der Waals surface area contributed by atoms with Gasteiger partial charge < -0.3 is 16.8 Å². The average Bonchev–Trinajstić information content (AvgIpc) is 2.79. The van der Waals surface area contributed by atoms with Crippen molar-refractivity contribution in [1.82, 2.24) is 5.32 Å². The summed E-state index contributed by atoms with van der Waals surface area (Å²) in [5, 5.41) is 4.01. The van der Waals surface area contributed by atoms with Crippen LogP contribution in [0.1, 0.15) is 35.4 Å². The number of nitrogen functional groups attached to an aromatic ring is 1. The smallest absolute Gasteiger partial charge is 0.263 e. The summed E-state index contributed by atoms with van der Waals surface area (Å²) in [6.07, 6.45) is 4.21. The second kappa shape index (κ2) is 5.42. The number of carbonyl (C=O) groups is 1. The van der Waals surface area contributed by atoms with Gasteiger partial charge in [-0.3, -0.25) is 4.79 Å². The molecule has 2 atom stereocenters. The van der Waals surface area contributed by atoms with Crippen LogP contribution in [0, 0.1) is 0 Å². The Labute approximate surface area is 122 Å². The molecule has 2 aromatic rings. The summed E-state index contributed by atoms with van der Waals surface area (Å²) in [6, 6.07) is 7.95. The number of hydrogen-bond acceptors (Lipinski definition) is 4. The zero-order chi connectivity index (χ0) is 14.1. The van der Waals surface area contributed by atoms with E-state index in [1.807, 2.05) is 24.3 Å². The van der Waals surface area contributed by atoms with E-state index in [-0.39, 0.29) is 18.0 Å². The first-order chi connectivity index (χ1) is 9.66. The maximum atomic E-state index is 12.4. The first-order valence-corrected chi connectivity index (χ1v) is 7.82. The molecule has 106 valence electrons. The Morgan fingerprint density at radius 2 is 2.00 bits per heavy atom.